The Morgan fingerprint density at radius 3 is 2.70 bits per heavy atom. The number of aromatic nitrogens is 1. The van der Waals surface area contributed by atoms with Gasteiger partial charge in [-0.1, -0.05) is 19.9 Å². The fourth-order valence-electron chi connectivity index (χ4n) is 5.45. The number of nitriles is 2. The third kappa shape index (κ3) is 3.35. The molecule has 2 aromatic rings. The second-order valence-corrected chi connectivity index (χ2v) is 10.9. The normalized spacial score (nSPS) is 21.9. The summed E-state index contributed by atoms with van der Waals surface area (Å²) in [6, 6.07) is 8.41. The molecule has 2 N–H and O–H groups in total. The lowest BCUT2D eigenvalue weighted by molar-refractivity contribution is -0.118. The van der Waals surface area contributed by atoms with Gasteiger partial charge in [-0.3, -0.25) is 14.7 Å². The summed E-state index contributed by atoms with van der Waals surface area (Å²) >= 11 is 1.59. The lowest BCUT2D eigenvalue weighted by Crippen LogP contribution is -2.42. The molecule has 1 aliphatic heterocycles. The minimum Gasteiger partial charge on any atom is -0.384 e. The van der Waals surface area contributed by atoms with Crippen LogP contribution >= 0.6 is 11.3 Å². The minimum atomic E-state index is -0.543. The van der Waals surface area contributed by atoms with Crippen LogP contribution in [0, 0.1) is 28.1 Å². The lowest BCUT2D eigenvalue weighted by atomic mass is 9.69. The largest absolute Gasteiger partial charge is 0.384 e. The van der Waals surface area contributed by atoms with E-state index in [-0.39, 0.29) is 11.2 Å². The van der Waals surface area contributed by atoms with Crippen molar-refractivity contribution in [1.29, 1.82) is 10.5 Å². The number of aryl methyl sites for hydroxylation is 1. The van der Waals surface area contributed by atoms with Crippen LogP contribution in [0.3, 0.4) is 0 Å². The number of fused-ring (bicyclic) bond motifs is 1. The smallest absolute Gasteiger partial charge is 0.162 e. The summed E-state index contributed by atoms with van der Waals surface area (Å²) in [7, 11) is 0. The zero-order chi connectivity index (χ0) is 23.3. The Morgan fingerprint density at radius 1 is 1.21 bits per heavy atom. The van der Waals surface area contributed by atoms with Crippen molar-refractivity contribution < 1.29 is 4.79 Å². The molecular formula is C26H25N5OS. The maximum absolute atomic E-state index is 13.6. The molecule has 0 spiro atoms. The van der Waals surface area contributed by atoms with Gasteiger partial charge in [-0.05, 0) is 54.7 Å². The van der Waals surface area contributed by atoms with Gasteiger partial charge in [0.05, 0.1) is 23.1 Å². The third-order valence-corrected chi connectivity index (χ3v) is 8.14. The van der Waals surface area contributed by atoms with E-state index in [9.17, 15) is 15.3 Å². The molecular weight excluding hydrogens is 430 g/mol. The lowest BCUT2D eigenvalue weighted by Gasteiger charge is -2.43. The number of pyridine rings is 1. The van der Waals surface area contributed by atoms with Crippen molar-refractivity contribution in [1.82, 2.24) is 4.98 Å². The van der Waals surface area contributed by atoms with Crippen LogP contribution in [0.2, 0.25) is 0 Å². The molecule has 6 nitrogen and oxygen atoms in total. The van der Waals surface area contributed by atoms with Crippen LogP contribution in [0.5, 0.6) is 0 Å². The predicted octanol–water partition coefficient (Wildman–Crippen LogP) is 4.83. The van der Waals surface area contributed by atoms with Crippen molar-refractivity contribution in [2.24, 2.45) is 11.1 Å². The Morgan fingerprint density at radius 2 is 2.00 bits per heavy atom. The summed E-state index contributed by atoms with van der Waals surface area (Å²) in [4.78, 5) is 20.9. The van der Waals surface area contributed by atoms with Crippen LogP contribution in [-0.2, 0) is 17.6 Å². The van der Waals surface area contributed by atoms with Crippen LogP contribution in [-0.4, -0.2) is 10.8 Å². The Hall–Kier alpha value is -3.42. The summed E-state index contributed by atoms with van der Waals surface area (Å²) in [6.07, 6.45) is 8.42. The van der Waals surface area contributed by atoms with E-state index in [2.05, 4.69) is 31.0 Å². The van der Waals surface area contributed by atoms with E-state index in [1.54, 1.807) is 23.7 Å². The Labute approximate surface area is 197 Å². The fourth-order valence-corrected chi connectivity index (χ4v) is 6.82. The van der Waals surface area contributed by atoms with Gasteiger partial charge >= 0.3 is 0 Å². The van der Waals surface area contributed by atoms with Gasteiger partial charge in [0.25, 0.3) is 0 Å². The number of allylic oxidation sites excluding steroid dienone is 3. The van der Waals surface area contributed by atoms with E-state index in [1.807, 2.05) is 17.0 Å². The van der Waals surface area contributed by atoms with Gasteiger partial charge in [-0.2, -0.15) is 10.5 Å². The van der Waals surface area contributed by atoms with Gasteiger partial charge in [0.15, 0.2) is 5.78 Å². The summed E-state index contributed by atoms with van der Waals surface area (Å²) in [5, 5.41) is 21.0. The molecule has 3 heterocycles. The van der Waals surface area contributed by atoms with Gasteiger partial charge in [-0.15, -0.1) is 11.3 Å². The van der Waals surface area contributed by atoms with E-state index < -0.39 is 5.92 Å². The molecule has 33 heavy (non-hydrogen) atoms. The van der Waals surface area contributed by atoms with Gasteiger partial charge < -0.3 is 5.73 Å². The first-order valence-corrected chi connectivity index (χ1v) is 12.1. The second kappa shape index (κ2) is 7.86. The molecule has 7 heteroatoms. The monoisotopic (exact) mass is 455 g/mol. The SMILES string of the molecule is CC1(C)CC(=O)C2=C(C1)N(c1sc3c(c1C#N)CCCC3)C(N)=C(C#N)[C@H]2c1cccnc1. The highest BCUT2D eigenvalue weighted by molar-refractivity contribution is 7.16. The summed E-state index contributed by atoms with van der Waals surface area (Å²) in [6.45, 7) is 4.16. The zero-order valence-electron chi connectivity index (χ0n) is 18.8. The number of Topliss-reactive ketones (excluding diaryl/α,β-unsaturated/α-hetero) is 1. The fraction of sp³-hybridized carbons (Fsp3) is 0.385. The van der Waals surface area contributed by atoms with Crippen LogP contribution < -0.4 is 10.6 Å². The topological polar surface area (TPSA) is 107 Å². The summed E-state index contributed by atoms with van der Waals surface area (Å²) in [5.74, 6) is -0.204. The minimum absolute atomic E-state index is 0.0279. The van der Waals surface area contributed by atoms with Gasteiger partial charge in [0.1, 0.15) is 16.9 Å². The molecule has 2 aromatic heterocycles. The highest BCUT2D eigenvalue weighted by Crippen LogP contribution is 2.52. The molecule has 1 atom stereocenters. The summed E-state index contributed by atoms with van der Waals surface area (Å²) in [5.41, 5.74) is 10.8. The molecule has 0 aromatic carbocycles. The third-order valence-electron chi connectivity index (χ3n) is 6.87. The first-order chi connectivity index (χ1) is 15.9. The molecule has 0 amide bonds. The van der Waals surface area contributed by atoms with Crippen molar-refractivity contribution >= 4 is 22.1 Å². The van der Waals surface area contributed by atoms with E-state index in [1.165, 1.54) is 4.88 Å². The van der Waals surface area contributed by atoms with Crippen molar-refractivity contribution in [2.45, 2.75) is 58.3 Å². The molecule has 5 rings (SSSR count). The Kier molecular flexibility index (Phi) is 5.11. The Bertz CT molecular complexity index is 1300. The van der Waals surface area contributed by atoms with Crippen molar-refractivity contribution in [3.05, 3.63) is 68.8 Å². The predicted molar refractivity (Wildman–Crippen MR) is 127 cm³/mol. The zero-order valence-corrected chi connectivity index (χ0v) is 19.6. The number of anilines is 1. The molecule has 166 valence electrons. The number of hydrogen-bond donors (Lipinski definition) is 1. The van der Waals surface area contributed by atoms with Gasteiger partial charge in [-0.25, -0.2) is 0 Å². The van der Waals surface area contributed by atoms with Crippen molar-refractivity contribution in [3.63, 3.8) is 0 Å². The first kappa shape index (κ1) is 21.4. The first-order valence-electron chi connectivity index (χ1n) is 11.3. The van der Waals surface area contributed by atoms with Crippen LogP contribution in [0.25, 0.3) is 0 Å². The number of rotatable bonds is 2. The molecule has 0 saturated carbocycles. The van der Waals surface area contributed by atoms with Crippen LogP contribution in [0.1, 0.15) is 67.0 Å². The molecule has 0 fully saturated rings. The molecule has 0 unspecified atom stereocenters. The average Bonchev–Trinajstić information content (AvgIpc) is 3.16. The molecule has 0 saturated heterocycles. The number of carbonyl (C=O) groups excluding carboxylic acids is 1. The molecule has 3 aliphatic rings. The van der Waals surface area contributed by atoms with Crippen LogP contribution in [0.15, 0.2) is 47.2 Å². The molecule has 0 bridgehead atoms. The van der Waals surface area contributed by atoms with E-state index in [0.717, 1.165) is 47.5 Å². The van der Waals surface area contributed by atoms with Gasteiger partial charge in [0, 0.05) is 35.0 Å². The quantitative estimate of drug-likeness (QED) is 0.695. The maximum atomic E-state index is 13.6. The highest BCUT2D eigenvalue weighted by Gasteiger charge is 2.45. The standard InChI is InChI=1S/C26H25N5OS/c1-26(2)10-19-23(20(32)11-26)22(15-6-5-9-30-14-15)18(13-28)24(29)31(19)25-17(12-27)16-7-3-4-8-21(16)33-25/h5-6,9,14,22H,3-4,7-8,10-11,29H2,1-2H3/t22-/m1/s1. The average molecular weight is 456 g/mol. The number of nitrogens with zero attached hydrogens (tertiary/aromatic N) is 4. The number of carbonyl (C=O) groups is 1. The molecule has 0 radical (unpaired) electrons. The number of thiophene rings is 1. The van der Waals surface area contributed by atoms with Crippen molar-refractivity contribution in [3.8, 4) is 12.1 Å². The van der Waals surface area contributed by atoms with Gasteiger partial charge in [0.2, 0.25) is 0 Å². The Balaban J connectivity index is 1.79. The highest BCUT2D eigenvalue weighted by atomic mass is 32.1. The van der Waals surface area contributed by atoms with E-state index in [4.69, 9.17) is 5.73 Å². The van der Waals surface area contributed by atoms with Crippen LogP contribution in [0.4, 0.5) is 5.00 Å². The number of ketones is 1. The van der Waals surface area contributed by atoms with Crippen molar-refractivity contribution in [2.75, 3.05) is 4.90 Å². The second-order valence-electron chi connectivity index (χ2n) is 9.77. The number of nitrogens with two attached hydrogens (primary N) is 1. The summed E-state index contributed by atoms with van der Waals surface area (Å²) < 4.78 is 0. The van der Waals surface area contributed by atoms with E-state index in [0.29, 0.717) is 35.4 Å². The number of hydrogen-bond acceptors (Lipinski definition) is 7. The maximum Gasteiger partial charge on any atom is 0.162 e. The van der Waals surface area contributed by atoms with E-state index >= 15 is 0 Å². The molecule has 2 aliphatic carbocycles.